The second-order valence-corrected chi connectivity index (χ2v) is 7.07. The van der Waals surface area contributed by atoms with E-state index in [0.29, 0.717) is 15.0 Å². The number of benzene rings is 1. The van der Waals surface area contributed by atoms with Crippen molar-refractivity contribution >= 4 is 19.4 Å². The number of nitrogens with zero attached hydrogens (tertiary/aromatic N) is 3. The van der Waals surface area contributed by atoms with Crippen LogP contribution in [0.4, 0.5) is 0 Å². The van der Waals surface area contributed by atoms with Crippen molar-refractivity contribution < 1.29 is 0 Å². The molecule has 4 heteroatoms. The predicted octanol–water partition coefficient (Wildman–Crippen LogP) is 2.17. The Morgan fingerprint density at radius 3 is 2.65 bits per heavy atom. The Bertz CT molecular complexity index is 492. The van der Waals surface area contributed by atoms with E-state index in [9.17, 15) is 0 Å². The van der Waals surface area contributed by atoms with Crippen molar-refractivity contribution in [1.82, 2.24) is 14.7 Å². The molecule has 0 saturated heterocycles. The van der Waals surface area contributed by atoms with Crippen LogP contribution in [0.25, 0.3) is 0 Å². The summed E-state index contributed by atoms with van der Waals surface area (Å²) in [6.45, 7) is 8.79. The van der Waals surface area contributed by atoms with Crippen molar-refractivity contribution in [3.8, 4) is 0 Å². The number of aromatic nitrogens is 2. The molecule has 0 unspecified atom stereocenters. The standard InChI is InChI=1S/C16H23N3Se/c1-3-18(4-2)14-15-8-5-6-9-16(15)20-13-12-19-11-7-10-17-19/h5-11H,3-4,12-14H2,1-2H3. The van der Waals surface area contributed by atoms with Crippen LogP contribution >= 0.6 is 0 Å². The van der Waals surface area contributed by atoms with Gasteiger partial charge in [0.15, 0.2) is 0 Å². The summed E-state index contributed by atoms with van der Waals surface area (Å²) in [4.78, 5) is 2.47. The van der Waals surface area contributed by atoms with E-state index in [2.05, 4.69) is 48.1 Å². The summed E-state index contributed by atoms with van der Waals surface area (Å²) in [5.74, 6) is 0. The molecule has 0 atom stereocenters. The molecule has 2 rings (SSSR count). The van der Waals surface area contributed by atoms with Gasteiger partial charge in [-0.2, -0.15) is 0 Å². The molecule has 3 nitrogen and oxygen atoms in total. The second kappa shape index (κ2) is 8.25. The van der Waals surface area contributed by atoms with E-state index in [1.807, 2.05) is 23.1 Å². The first kappa shape index (κ1) is 15.3. The third-order valence-corrected chi connectivity index (χ3v) is 5.70. The van der Waals surface area contributed by atoms with E-state index in [1.165, 1.54) is 10.9 Å². The zero-order chi connectivity index (χ0) is 14.2. The summed E-state index contributed by atoms with van der Waals surface area (Å²) >= 11 is 0.524. The summed E-state index contributed by atoms with van der Waals surface area (Å²) in [5, 5.41) is 5.46. The van der Waals surface area contributed by atoms with Crippen LogP contribution in [0.3, 0.4) is 0 Å². The fraction of sp³-hybridized carbons (Fsp3) is 0.438. The summed E-state index contributed by atoms with van der Waals surface area (Å²) < 4.78 is 3.56. The average Bonchev–Trinajstić information content (AvgIpc) is 2.99. The maximum atomic E-state index is 4.26. The predicted molar refractivity (Wildman–Crippen MR) is 85.5 cm³/mol. The number of hydrogen-bond donors (Lipinski definition) is 0. The molecule has 1 heterocycles. The monoisotopic (exact) mass is 337 g/mol. The zero-order valence-electron chi connectivity index (χ0n) is 12.3. The van der Waals surface area contributed by atoms with Crippen LogP contribution in [-0.4, -0.2) is 42.7 Å². The summed E-state index contributed by atoms with van der Waals surface area (Å²) in [6, 6.07) is 10.9. The maximum absolute atomic E-state index is 4.26. The third-order valence-electron chi connectivity index (χ3n) is 3.40. The van der Waals surface area contributed by atoms with Gasteiger partial charge in [0.05, 0.1) is 0 Å². The Morgan fingerprint density at radius 1 is 1.15 bits per heavy atom. The molecule has 0 aliphatic carbocycles. The minimum atomic E-state index is 0.524. The Balaban J connectivity index is 1.93. The molecule has 1 aromatic heterocycles. The second-order valence-electron chi connectivity index (χ2n) is 4.69. The van der Waals surface area contributed by atoms with Crippen LogP contribution in [0.15, 0.2) is 42.7 Å². The summed E-state index contributed by atoms with van der Waals surface area (Å²) in [6.07, 6.45) is 3.89. The zero-order valence-corrected chi connectivity index (χ0v) is 14.0. The Labute approximate surface area is 128 Å². The summed E-state index contributed by atoms with van der Waals surface area (Å²) in [7, 11) is 0. The molecule has 0 spiro atoms. The molecule has 108 valence electrons. The normalized spacial score (nSPS) is 11.2. The third kappa shape index (κ3) is 4.48. The van der Waals surface area contributed by atoms with E-state index in [4.69, 9.17) is 0 Å². The molecule has 0 amide bonds. The first-order valence-corrected chi connectivity index (χ1v) is 9.30. The first-order chi connectivity index (χ1) is 9.83. The van der Waals surface area contributed by atoms with Gasteiger partial charge in [-0.25, -0.2) is 0 Å². The average molecular weight is 336 g/mol. The molecule has 1 aromatic carbocycles. The molecule has 0 fully saturated rings. The summed E-state index contributed by atoms with van der Waals surface area (Å²) in [5.41, 5.74) is 1.50. The van der Waals surface area contributed by atoms with Crippen molar-refractivity contribution in [1.29, 1.82) is 0 Å². The number of aryl methyl sites for hydroxylation is 1. The van der Waals surface area contributed by atoms with Crippen LogP contribution in [0, 0.1) is 0 Å². The molecule has 0 bridgehead atoms. The van der Waals surface area contributed by atoms with Gasteiger partial charge in [0.2, 0.25) is 0 Å². The Hall–Kier alpha value is -1.09. The van der Waals surface area contributed by atoms with Crippen molar-refractivity contribution in [2.24, 2.45) is 0 Å². The van der Waals surface area contributed by atoms with Gasteiger partial charge in [0.25, 0.3) is 0 Å². The minimum absolute atomic E-state index is 0.524. The fourth-order valence-corrected chi connectivity index (χ4v) is 4.22. The van der Waals surface area contributed by atoms with Gasteiger partial charge < -0.3 is 0 Å². The van der Waals surface area contributed by atoms with Crippen molar-refractivity contribution in [3.63, 3.8) is 0 Å². The molecule has 2 aromatic rings. The van der Waals surface area contributed by atoms with Crippen LogP contribution in [0.1, 0.15) is 19.4 Å². The van der Waals surface area contributed by atoms with Gasteiger partial charge in [-0.3, -0.25) is 0 Å². The molecule has 0 radical (unpaired) electrons. The quantitative estimate of drug-likeness (QED) is 0.689. The van der Waals surface area contributed by atoms with Crippen LogP contribution in [0.2, 0.25) is 5.32 Å². The van der Waals surface area contributed by atoms with Crippen molar-refractivity contribution in [3.05, 3.63) is 48.3 Å². The van der Waals surface area contributed by atoms with Gasteiger partial charge >= 0.3 is 128 Å². The SMILES string of the molecule is CCN(CC)Cc1ccccc1[Se]CCn1cccn1. The van der Waals surface area contributed by atoms with E-state index in [1.54, 1.807) is 4.46 Å². The van der Waals surface area contributed by atoms with Crippen molar-refractivity contribution in [2.75, 3.05) is 13.1 Å². The van der Waals surface area contributed by atoms with Crippen molar-refractivity contribution in [2.45, 2.75) is 32.3 Å². The fourth-order valence-electron chi connectivity index (χ4n) is 2.15. The van der Waals surface area contributed by atoms with Crippen LogP contribution < -0.4 is 4.46 Å². The van der Waals surface area contributed by atoms with Crippen LogP contribution in [0.5, 0.6) is 0 Å². The molecule has 20 heavy (non-hydrogen) atoms. The molecule has 0 saturated carbocycles. The van der Waals surface area contributed by atoms with Gasteiger partial charge in [0, 0.05) is 0 Å². The first-order valence-electron chi connectivity index (χ1n) is 7.24. The molecule has 0 aliphatic heterocycles. The number of hydrogen-bond acceptors (Lipinski definition) is 2. The molecule has 0 N–H and O–H groups in total. The van der Waals surface area contributed by atoms with E-state index in [0.717, 1.165) is 26.2 Å². The Morgan fingerprint density at radius 2 is 1.95 bits per heavy atom. The van der Waals surface area contributed by atoms with Gasteiger partial charge in [-0.15, -0.1) is 0 Å². The number of rotatable bonds is 8. The Kier molecular flexibility index (Phi) is 6.31. The van der Waals surface area contributed by atoms with E-state index < -0.39 is 0 Å². The van der Waals surface area contributed by atoms with Gasteiger partial charge in [-0.05, 0) is 0 Å². The topological polar surface area (TPSA) is 21.1 Å². The molecular formula is C16H23N3Se. The van der Waals surface area contributed by atoms with Crippen LogP contribution in [-0.2, 0) is 13.1 Å². The van der Waals surface area contributed by atoms with Gasteiger partial charge in [-0.1, -0.05) is 0 Å². The molecular weight excluding hydrogens is 313 g/mol. The van der Waals surface area contributed by atoms with Gasteiger partial charge in [0.1, 0.15) is 0 Å². The van der Waals surface area contributed by atoms with E-state index in [-0.39, 0.29) is 0 Å². The molecule has 0 aliphatic rings. The van der Waals surface area contributed by atoms with E-state index >= 15 is 0 Å².